The zero-order chi connectivity index (χ0) is 30.4. The summed E-state index contributed by atoms with van der Waals surface area (Å²) in [5.74, 6) is 0.136. The summed E-state index contributed by atoms with van der Waals surface area (Å²) in [7, 11) is 0. The number of halogens is 3. The van der Waals surface area contributed by atoms with E-state index in [1.54, 1.807) is 42.7 Å². The van der Waals surface area contributed by atoms with Crippen LogP contribution in [0.3, 0.4) is 0 Å². The van der Waals surface area contributed by atoms with Crippen molar-refractivity contribution in [3.63, 3.8) is 0 Å². The Hall–Kier alpha value is -4.78. The van der Waals surface area contributed by atoms with Crippen molar-refractivity contribution >= 4 is 29.0 Å². The molecule has 2 aliphatic heterocycles. The molecule has 0 unspecified atom stereocenters. The molecule has 2 amide bonds. The van der Waals surface area contributed by atoms with Crippen molar-refractivity contribution in [3.05, 3.63) is 84.6 Å². The predicted octanol–water partition coefficient (Wildman–Crippen LogP) is 4.55. The zero-order valence-corrected chi connectivity index (χ0v) is 23.0. The van der Waals surface area contributed by atoms with Crippen molar-refractivity contribution in [2.75, 3.05) is 37.4 Å². The standard InChI is InChI=1S/C30H28F3N7O3/c1-2-29(16-43-17-29)28(42)39-12-3-4-20(15-39)26-38-23(24-25(34)36-11-13-40(24)26)18-5-7-19(8-6-18)27(41)37-22-14-21(9-10-35-22)30(31,32)33/h2,5-11,13-14,20H,1,3-4,12,15-17H2,(H2,34,36)(H,35,37,41)/t20-/m1/s1. The van der Waals surface area contributed by atoms with Gasteiger partial charge in [-0.15, -0.1) is 6.58 Å². The maximum Gasteiger partial charge on any atom is 0.416 e. The Morgan fingerprint density at radius 1 is 1.14 bits per heavy atom. The highest BCUT2D eigenvalue weighted by Gasteiger charge is 2.46. The molecule has 1 atom stereocenters. The number of hydrogen-bond acceptors (Lipinski definition) is 7. The fraction of sp³-hybridized carbons (Fsp3) is 0.300. The maximum absolute atomic E-state index is 13.3. The maximum atomic E-state index is 13.3. The molecule has 2 aliphatic rings. The third-order valence-electron chi connectivity index (χ3n) is 7.97. The predicted molar refractivity (Wildman–Crippen MR) is 152 cm³/mol. The number of hydrogen-bond donors (Lipinski definition) is 2. The van der Waals surface area contributed by atoms with Crippen LogP contribution in [0.15, 0.2) is 67.6 Å². The van der Waals surface area contributed by atoms with Gasteiger partial charge < -0.3 is 20.7 Å². The molecule has 10 nitrogen and oxygen atoms in total. The first-order valence-electron chi connectivity index (χ1n) is 13.7. The highest BCUT2D eigenvalue weighted by molar-refractivity contribution is 6.04. The summed E-state index contributed by atoms with van der Waals surface area (Å²) in [6.45, 7) is 5.64. The first kappa shape index (κ1) is 28.3. The van der Waals surface area contributed by atoms with Gasteiger partial charge in [0, 0.05) is 48.7 Å². The Labute approximate surface area is 244 Å². The Morgan fingerprint density at radius 2 is 1.91 bits per heavy atom. The number of nitrogens with two attached hydrogens (primary N) is 1. The van der Waals surface area contributed by atoms with Crippen LogP contribution in [0.1, 0.15) is 40.5 Å². The minimum atomic E-state index is -4.56. The SMILES string of the molecule is C=CC1(C(=O)N2CCC[C@@H](c3nc(-c4ccc(C(=O)Nc5cc(C(F)(F)F)ccn5)cc4)c4c(N)nccn34)C2)COC1. The molecule has 0 saturated carbocycles. The molecule has 43 heavy (non-hydrogen) atoms. The Kier molecular flexibility index (Phi) is 7.12. The van der Waals surface area contributed by atoms with Gasteiger partial charge in [0.1, 0.15) is 34.1 Å². The van der Waals surface area contributed by atoms with E-state index >= 15 is 0 Å². The molecule has 2 saturated heterocycles. The van der Waals surface area contributed by atoms with Gasteiger partial charge in [0.15, 0.2) is 0 Å². The van der Waals surface area contributed by atoms with Gasteiger partial charge in [-0.1, -0.05) is 18.2 Å². The number of nitrogens with zero attached hydrogens (tertiary/aromatic N) is 5. The minimum absolute atomic E-state index is 0.00918. The highest BCUT2D eigenvalue weighted by Crippen LogP contribution is 2.37. The molecule has 0 spiro atoms. The Bertz CT molecular complexity index is 1710. The number of aromatic nitrogens is 4. The van der Waals surface area contributed by atoms with Crippen molar-refractivity contribution < 1.29 is 27.5 Å². The fourth-order valence-electron chi connectivity index (χ4n) is 5.56. The molecule has 5 heterocycles. The van der Waals surface area contributed by atoms with Gasteiger partial charge in [-0.2, -0.15) is 13.2 Å². The fourth-order valence-corrected chi connectivity index (χ4v) is 5.56. The molecule has 0 radical (unpaired) electrons. The van der Waals surface area contributed by atoms with Gasteiger partial charge in [0.05, 0.1) is 18.8 Å². The van der Waals surface area contributed by atoms with Crippen LogP contribution in [0, 0.1) is 5.41 Å². The second kappa shape index (κ2) is 10.8. The number of rotatable bonds is 6. The van der Waals surface area contributed by atoms with Crippen LogP contribution < -0.4 is 11.1 Å². The largest absolute Gasteiger partial charge is 0.416 e. The van der Waals surface area contributed by atoms with Crippen LogP contribution in [0.2, 0.25) is 0 Å². The summed E-state index contributed by atoms with van der Waals surface area (Å²) < 4.78 is 46.3. The van der Waals surface area contributed by atoms with Gasteiger partial charge in [0.25, 0.3) is 5.91 Å². The monoisotopic (exact) mass is 591 g/mol. The van der Waals surface area contributed by atoms with E-state index in [9.17, 15) is 22.8 Å². The molecule has 0 aliphatic carbocycles. The molecule has 1 aromatic carbocycles. The van der Waals surface area contributed by atoms with Gasteiger partial charge in [-0.05, 0) is 37.1 Å². The number of alkyl halides is 3. The van der Waals surface area contributed by atoms with E-state index in [0.717, 1.165) is 37.0 Å². The summed E-state index contributed by atoms with van der Waals surface area (Å²) in [6, 6.07) is 8.08. The number of fused-ring (bicyclic) bond motifs is 1. The Balaban J connectivity index is 1.26. The zero-order valence-electron chi connectivity index (χ0n) is 23.0. The summed E-state index contributed by atoms with van der Waals surface area (Å²) in [6.07, 6.45) is 3.12. The lowest BCUT2D eigenvalue weighted by molar-refractivity contribution is -0.163. The summed E-state index contributed by atoms with van der Waals surface area (Å²) in [5.41, 5.74) is 6.76. The van der Waals surface area contributed by atoms with E-state index in [0.29, 0.717) is 43.1 Å². The lowest BCUT2D eigenvalue weighted by Crippen LogP contribution is -2.55. The molecule has 6 rings (SSSR count). The number of piperidine rings is 1. The quantitative estimate of drug-likeness (QED) is 0.315. The summed E-state index contributed by atoms with van der Waals surface area (Å²) in [4.78, 5) is 41.0. The first-order chi connectivity index (χ1) is 20.6. The van der Waals surface area contributed by atoms with E-state index < -0.39 is 23.1 Å². The number of amides is 2. The van der Waals surface area contributed by atoms with Crippen LogP contribution in [-0.2, 0) is 15.7 Å². The Morgan fingerprint density at radius 3 is 2.58 bits per heavy atom. The number of carbonyl (C=O) groups excluding carboxylic acids is 2. The molecule has 3 N–H and O–H groups in total. The number of likely N-dealkylation sites (tertiary alicyclic amines) is 1. The number of pyridine rings is 1. The van der Waals surface area contributed by atoms with E-state index in [4.69, 9.17) is 15.5 Å². The molecular formula is C30H28F3N7O3. The van der Waals surface area contributed by atoms with Crippen molar-refractivity contribution in [3.8, 4) is 11.3 Å². The molecular weight excluding hydrogens is 563 g/mol. The molecule has 0 bridgehead atoms. The molecule has 2 fully saturated rings. The number of anilines is 2. The first-order valence-corrected chi connectivity index (χ1v) is 13.7. The molecule has 13 heteroatoms. The number of nitrogens with one attached hydrogen (secondary N) is 1. The third kappa shape index (κ3) is 5.20. The highest BCUT2D eigenvalue weighted by atomic mass is 19.4. The second-order valence-electron chi connectivity index (χ2n) is 10.8. The summed E-state index contributed by atoms with van der Waals surface area (Å²) in [5, 5.41) is 2.41. The molecule has 3 aromatic heterocycles. The van der Waals surface area contributed by atoms with Crippen LogP contribution in [0.5, 0.6) is 0 Å². The second-order valence-corrected chi connectivity index (χ2v) is 10.8. The average Bonchev–Trinajstić information content (AvgIpc) is 3.38. The smallest absolute Gasteiger partial charge is 0.382 e. The van der Waals surface area contributed by atoms with Crippen molar-refractivity contribution in [2.45, 2.75) is 24.9 Å². The number of imidazole rings is 1. The summed E-state index contributed by atoms with van der Waals surface area (Å²) >= 11 is 0. The number of ether oxygens (including phenoxy) is 1. The van der Waals surface area contributed by atoms with Crippen LogP contribution in [-0.4, -0.2) is 62.4 Å². The van der Waals surface area contributed by atoms with E-state index in [1.807, 2.05) is 9.30 Å². The normalized spacial score (nSPS) is 18.2. The number of benzene rings is 1. The average molecular weight is 592 g/mol. The van der Waals surface area contributed by atoms with Crippen LogP contribution >= 0.6 is 0 Å². The van der Waals surface area contributed by atoms with Crippen molar-refractivity contribution in [2.24, 2.45) is 5.41 Å². The van der Waals surface area contributed by atoms with Crippen LogP contribution in [0.25, 0.3) is 16.8 Å². The van der Waals surface area contributed by atoms with E-state index in [-0.39, 0.29) is 29.0 Å². The molecule has 4 aromatic rings. The topological polar surface area (TPSA) is 128 Å². The van der Waals surface area contributed by atoms with E-state index in [1.165, 1.54) is 0 Å². The van der Waals surface area contributed by atoms with Crippen molar-refractivity contribution in [1.82, 2.24) is 24.3 Å². The van der Waals surface area contributed by atoms with Gasteiger partial charge in [-0.3, -0.25) is 14.0 Å². The molecule has 222 valence electrons. The lowest BCUT2D eigenvalue weighted by atomic mass is 9.83. The van der Waals surface area contributed by atoms with Gasteiger partial charge in [-0.25, -0.2) is 15.0 Å². The number of carbonyl (C=O) groups is 2. The third-order valence-corrected chi connectivity index (χ3v) is 7.97. The van der Waals surface area contributed by atoms with Crippen LogP contribution in [0.4, 0.5) is 24.8 Å². The van der Waals surface area contributed by atoms with E-state index in [2.05, 4.69) is 21.9 Å². The lowest BCUT2D eigenvalue weighted by Gasteiger charge is -2.43. The van der Waals surface area contributed by atoms with Gasteiger partial charge >= 0.3 is 6.18 Å². The minimum Gasteiger partial charge on any atom is -0.382 e. The van der Waals surface area contributed by atoms with Crippen molar-refractivity contribution in [1.29, 1.82) is 0 Å². The number of nitrogen functional groups attached to an aromatic ring is 1. The van der Waals surface area contributed by atoms with Gasteiger partial charge in [0.2, 0.25) is 5.91 Å².